The molecule has 0 aromatic heterocycles. The topological polar surface area (TPSA) is 110 Å². The molecule has 0 aliphatic carbocycles. The van der Waals surface area contributed by atoms with Gasteiger partial charge in [-0.15, -0.1) is 0 Å². The third kappa shape index (κ3) is 3.74. The van der Waals surface area contributed by atoms with Crippen molar-refractivity contribution in [2.75, 3.05) is 31.1 Å². The Morgan fingerprint density at radius 3 is 2.71 bits per heavy atom. The summed E-state index contributed by atoms with van der Waals surface area (Å²) < 4.78 is 0. The van der Waals surface area contributed by atoms with Crippen molar-refractivity contribution < 1.29 is 24.6 Å². The van der Waals surface area contributed by atoms with Crippen molar-refractivity contribution in [3.8, 4) is 0 Å². The van der Waals surface area contributed by atoms with E-state index in [1.165, 1.54) is 4.90 Å². The van der Waals surface area contributed by atoms with Gasteiger partial charge in [0, 0.05) is 31.5 Å². The van der Waals surface area contributed by atoms with Gasteiger partial charge in [-0.2, -0.15) is 0 Å². The van der Waals surface area contributed by atoms with Gasteiger partial charge in [-0.05, 0) is 25.0 Å². The third-order valence-corrected chi connectivity index (χ3v) is 5.71. The van der Waals surface area contributed by atoms with Gasteiger partial charge in [-0.3, -0.25) is 19.8 Å². The Hall–Kier alpha value is -2.45. The maximum atomic E-state index is 13.3. The van der Waals surface area contributed by atoms with Crippen LogP contribution in [0.2, 0.25) is 0 Å². The number of carbonyl (C=O) groups excluding carboxylic acids is 3. The number of para-hydroxylation sites is 1. The summed E-state index contributed by atoms with van der Waals surface area (Å²) in [5, 5.41) is 22.7. The first-order valence-electron chi connectivity index (χ1n) is 9.70. The summed E-state index contributed by atoms with van der Waals surface area (Å²) in [6.45, 7) is 2.64. The molecule has 1 aromatic rings. The number of amides is 4. The first-order valence-corrected chi connectivity index (χ1v) is 9.70. The van der Waals surface area contributed by atoms with Crippen LogP contribution in [0.4, 0.5) is 10.5 Å². The van der Waals surface area contributed by atoms with Crippen LogP contribution in [0, 0.1) is 5.41 Å². The molecule has 2 heterocycles. The predicted octanol–water partition coefficient (Wildman–Crippen LogP) is 1.12. The molecule has 0 spiro atoms. The van der Waals surface area contributed by atoms with E-state index in [1.807, 2.05) is 6.92 Å². The van der Waals surface area contributed by atoms with E-state index in [0.29, 0.717) is 30.6 Å². The zero-order chi connectivity index (χ0) is 20.3. The van der Waals surface area contributed by atoms with Crippen molar-refractivity contribution in [1.82, 2.24) is 10.2 Å². The normalized spacial score (nSPS) is 25.6. The van der Waals surface area contributed by atoms with Crippen LogP contribution in [0.3, 0.4) is 0 Å². The largest absolute Gasteiger partial charge is 0.396 e. The van der Waals surface area contributed by atoms with Crippen LogP contribution in [-0.4, -0.2) is 65.3 Å². The molecular formula is C20H27N3O5. The summed E-state index contributed by atoms with van der Waals surface area (Å²) in [5.41, 5.74) is 0.0902. The van der Waals surface area contributed by atoms with Gasteiger partial charge in [0.15, 0.2) is 0 Å². The number of carbonyl (C=O) groups is 3. The van der Waals surface area contributed by atoms with Crippen molar-refractivity contribution in [3.63, 3.8) is 0 Å². The van der Waals surface area contributed by atoms with Gasteiger partial charge < -0.3 is 15.1 Å². The summed E-state index contributed by atoms with van der Waals surface area (Å²) in [7, 11) is 0. The van der Waals surface area contributed by atoms with Gasteiger partial charge in [0.1, 0.15) is 0 Å². The lowest BCUT2D eigenvalue weighted by Crippen LogP contribution is -2.55. The summed E-state index contributed by atoms with van der Waals surface area (Å²) in [5.74, 6) is -0.580. The average Bonchev–Trinajstić information content (AvgIpc) is 2.69. The molecule has 2 aliphatic heterocycles. The van der Waals surface area contributed by atoms with Crippen LogP contribution in [0.5, 0.6) is 0 Å². The molecule has 0 radical (unpaired) electrons. The number of aliphatic hydroxyl groups is 2. The Morgan fingerprint density at radius 1 is 1.29 bits per heavy atom. The lowest BCUT2D eigenvalue weighted by Gasteiger charge is -2.45. The van der Waals surface area contributed by atoms with Crippen LogP contribution in [0.25, 0.3) is 0 Å². The van der Waals surface area contributed by atoms with Crippen molar-refractivity contribution in [2.24, 2.45) is 5.41 Å². The molecule has 4 amide bonds. The number of nitrogens with zero attached hydrogens (tertiary/aromatic N) is 2. The fourth-order valence-electron chi connectivity index (χ4n) is 4.15. The molecule has 3 N–H and O–H groups in total. The highest BCUT2D eigenvalue weighted by Gasteiger charge is 2.43. The predicted molar refractivity (Wildman–Crippen MR) is 103 cm³/mol. The molecule has 2 fully saturated rings. The fourth-order valence-corrected chi connectivity index (χ4v) is 4.15. The zero-order valence-corrected chi connectivity index (χ0v) is 16.1. The van der Waals surface area contributed by atoms with E-state index in [1.54, 1.807) is 29.2 Å². The van der Waals surface area contributed by atoms with E-state index < -0.39 is 17.6 Å². The number of rotatable bonds is 5. The molecular weight excluding hydrogens is 362 g/mol. The van der Waals surface area contributed by atoms with Gasteiger partial charge in [0.05, 0.1) is 24.0 Å². The number of benzene rings is 1. The van der Waals surface area contributed by atoms with E-state index in [4.69, 9.17) is 0 Å². The van der Waals surface area contributed by atoms with Crippen LogP contribution >= 0.6 is 0 Å². The second kappa shape index (κ2) is 8.28. The average molecular weight is 389 g/mol. The van der Waals surface area contributed by atoms with Gasteiger partial charge >= 0.3 is 6.03 Å². The Balaban J connectivity index is 1.87. The van der Waals surface area contributed by atoms with Crippen molar-refractivity contribution in [3.05, 3.63) is 29.8 Å². The highest BCUT2D eigenvalue weighted by Crippen LogP contribution is 2.36. The van der Waals surface area contributed by atoms with Crippen molar-refractivity contribution in [2.45, 2.75) is 38.7 Å². The van der Waals surface area contributed by atoms with E-state index in [-0.39, 0.29) is 37.9 Å². The fraction of sp³-hybridized carbons (Fsp3) is 0.550. The molecule has 2 aliphatic rings. The number of anilines is 1. The molecule has 152 valence electrons. The molecule has 0 bridgehead atoms. The number of nitrogens with one attached hydrogen (secondary N) is 1. The molecule has 1 aromatic carbocycles. The van der Waals surface area contributed by atoms with Crippen LogP contribution in [0.1, 0.15) is 43.0 Å². The second-order valence-corrected chi connectivity index (χ2v) is 7.57. The molecule has 8 nitrogen and oxygen atoms in total. The number of hydrogen-bond donors (Lipinski definition) is 3. The summed E-state index contributed by atoms with van der Waals surface area (Å²) >= 11 is 0. The molecule has 2 atom stereocenters. The van der Waals surface area contributed by atoms with Crippen LogP contribution in [0.15, 0.2) is 24.3 Å². The number of urea groups is 1. The quantitative estimate of drug-likeness (QED) is 0.699. The smallest absolute Gasteiger partial charge is 0.328 e. The molecule has 3 rings (SSSR count). The first kappa shape index (κ1) is 20.3. The summed E-state index contributed by atoms with van der Waals surface area (Å²) in [4.78, 5) is 40.0. The van der Waals surface area contributed by atoms with Gasteiger partial charge in [-0.1, -0.05) is 25.5 Å². The standard InChI is InChI=1S/C20H27N3O5/c1-2-9-20(13-24)12-22(10-7-16(20)25)18(27)14-5-3-4-6-15(14)23-11-8-17(26)21-19(23)28/h3-6,16,24-25H,2,7-13H2,1H3,(H,21,26,28)/t16-,20+/m1/s1. The molecule has 0 saturated carbocycles. The van der Waals surface area contributed by atoms with E-state index in [2.05, 4.69) is 5.32 Å². The number of imide groups is 1. The Kier molecular flexibility index (Phi) is 6.00. The maximum absolute atomic E-state index is 13.3. The number of hydrogen-bond acceptors (Lipinski definition) is 5. The van der Waals surface area contributed by atoms with Gasteiger partial charge in [0.25, 0.3) is 5.91 Å². The first-order chi connectivity index (χ1) is 13.4. The molecule has 28 heavy (non-hydrogen) atoms. The van der Waals surface area contributed by atoms with E-state index >= 15 is 0 Å². The number of piperidine rings is 1. The third-order valence-electron chi connectivity index (χ3n) is 5.71. The van der Waals surface area contributed by atoms with Crippen molar-refractivity contribution in [1.29, 1.82) is 0 Å². The lowest BCUT2D eigenvalue weighted by atomic mass is 9.74. The van der Waals surface area contributed by atoms with E-state index in [9.17, 15) is 24.6 Å². The van der Waals surface area contributed by atoms with Gasteiger partial charge in [0.2, 0.25) is 5.91 Å². The Morgan fingerprint density at radius 2 is 2.04 bits per heavy atom. The monoisotopic (exact) mass is 389 g/mol. The van der Waals surface area contributed by atoms with Crippen molar-refractivity contribution >= 4 is 23.5 Å². The second-order valence-electron chi connectivity index (χ2n) is 7.57. The summed E-state index contributed by atoms with van der Waals surface area (Å²) in [6, 6.07) is 6.28. The van der Waals surface area contributed by atoms with Gasteiger partial charge in [-0.25, -0.2) is 4.79 Å². The number of aliphatic hydroxyl groups excluding tert-OH is 2. The molecule has 0 unspecified atom stereocenters. The minimum absolute atomic E-state index is 0.175. The van der Waals surface area contributed by atoms with E-state index in [0.717, 1.165) is 6.42 Å². The van der Waals surface area contributed by atoms with Crippen LogP contribution in [-0.2, 0) is 4.79 Å². The highest BCUT2D eigenvalue weighted by atomic mass is 16.3. The lowest BCUT2D eigenvalue weighted by molar-refractivity contribution is -0.120. The number of likely N-dealkylation sites (tertiary alicyclic amines) is 1. The summed E-state index contributed by atoms with van der Waals surface area (Å²) in [6.07, 6.45) is 1.32. The maximum Gasteiger partial charge on any atom is 0.328 e. The highest BCUT2D eigenvalue weighted by molar-refractivity contribution is 6.09. The zero-order valence-electron chi connectivity index (χ0n) is 16.1. The Labute approximate surface area is 164 Å². The minimum atomic E-state index is -0.730. The van der Waals surface area contributed by atoms with Crippen LogP contribution < -0.4 is 10.2 Å². The minimum Gasteiger partial charge on any atom is -0.396 e. The molecule has 8 heteroatoms. The molecule has 2 saturated heterocycles. The SMILES string of the molecule is CCC[C@@]1(CO)CN(C(=O)c2ccccc2N2CCC(=O)NC2=O)CC[C@H]1O. The Bertz CT molecular complexity index is 768.